The zero-order valence-electron chi connectivity index (χ0n) is 9.80. The van der Waals surface area contributed by atoms with Crippen LogP contribution in [-0.4, -0.2) is 26.4 Å². The van der Waals surface area contributed by atoms with E-state index >= 15 is 0 Å². The van der Waals surface area contributed by atoms with Crippen molar-refractivity contribution in [1.29, 1.82) is 0 Å². The highest BCUT2D eigenvalue weighted by Gasteiger charge is 2.16. The maximum absolute atomic E-state index is 11.5. The molecule has 0 spiro atoms. The zero-order valence-corrected chi connectivity index (χ0v) is 10.6. The van der Waals surface area contributed by atoms with Gasteiger partial charge in [0, 0.05) is 6.54 Å². The number of hydrogen-bond donors (Lipinski definition) is 1. The number of benzene rings is 1. The zero-order chi connectivity index (χ0) is 12.3. The number of hydrogen-bond acceptors (Lipinski definition) is 3. The second kappa shape index (κ2) is 5.16. The Morgan fingerprint density at radius 3 is 2.41 bits per heavy atom. The van der Waals surface area contributed by atoms with Gasteiger partial charge in [0.15, 0.2) is 0 Å². The minimum atomic E-state index is -3.61. The maximum Gasteiger partial charge on any atom is 0.238 e. The molecule has 94 valence electrons. The summed E-state index contributed by atoms with van der Waals surface area (Å²) in [5.74, 6) is 0. The van der Waals surface area contributed by atoms with Crippen molar-refractivity contribution in [2.45, 2.75) is 30.7 Å². The Kier molecular flexibility index (Phi) is 3.81. The van der Waals surface area contributed by atoms with Gasteiger partial charge >= 0.3 is 0 Å². The van der Waals surface area contributed by atoms with Gasteiger partial charge in [-0.2, -0.15) is 0 Å². The molecule has 1 aliphatic rings. The first-order chi connectivity index (χ1) is 8.07. The summed E-state index contributed by atoms with van der Waals surface area (Å²) in [7, 11) is -3.61. The number of sulfonamides is 1. The summed E-state index contributed by atoms with van der Waals surface area (Å²) in [6, 6.07) is 6.98. The first kappa shape index (κ1) is 12.5. The van der Waals surface area contributed by atoms with E-state index in [1.807, 2.05) is 12.1 Å². The van der Waals surface area contributed by atoms with E-state index < -0.39 is 10.0 Å². The van der Waals surface area contributed by atoms with Crippen LogP contribution in [0.5, 0.6) is 0 Å². The Hall–Kier alpha value is -0.910. The van der Waals surface area contributed by atoms with Crippen molar-refractivity contribution in [1.82, 2.24) is 4.90 Å². The topological polar surface area (TPSA) is 63.4 Å². The van der Waals surface area contributed by atoms with Gasteiger partial charge in [0.05, 0.1) is 4.90 Å². The van der Waals surface area contributed by atoms with Crippen LogP contribution in [0.3, 0.4) is 0 Å². The molecule has 0 aromatic heterocycles. The summed E-state index contributed by atoms with van der Waals surface area (Å²) < 4.78 is 22.9. The second-order valence-electron chi connectivity index (χ2n) is 4.49. The Bertz CT molecular complexity index is 479. The summed E-state index contributed by atoms with van der Waals surface area (Å²) in [4.78, 5) is 2.54. The molecule has 17 heavy (non-hydrogen) atoms. The number of likely N-dealkylation sites (tertiary alicyclic amines) is 1. The van der Waals surface area contributed by atoms with Crippen LogP contribution < -0.4 is 5.14 Å². The molecule has 0 atom stereocenters. The van der Waals surface area contributed by atoms with Gasteiger partial charge in [-0.3, -0.25) is 4.90 Å². The SMILES string of the molecule is NS(=O)(=O)c1ccccc1CN1CCCCC1. The molecule has 5 heteroatoms. The van der Waals surface area contributed by atoms with Gasteiger partial charge < -0.3 is 0 Å². The van der Waals surface area contributed by atoms with Crippen molar-refractivity contribution < 1.29 is 8.42 Å². The van der Waals surface area contributed by atoms with E-state index in [1.54, 1.807) is 12.1 Å². The van der Waals surface area contributed by atoms with Crippen molar-refractivity contribution in [2.24, 2.45) is 5.14 Å². The summed E-state index contributed by atoms with van der Waals surface area (Å²) in [5, 5.41) is 5.22. The lowest BCUT2D eigenvalue weighted by atomic mass is 10.1. The van der Waals surface area contributed by atoms with E-state index in [-0.39, 0.29) is 4.90 Å². The molecule has 1 aromatic carbocycles. The fourth-order valence-electron chi connectivity index (χ4n) is 2.27. The highest BCUT2D eigenvalue weighted by atomic mass is 32.2. The monoisotopic (exact) mass is 254 g/mol. The normalized spacial score (nSPS) is 18.2. The number of nitrogens with two attached hydrogens (primary N) is 1. The second-order valence-corrected chi connectivity index (χ2v) is 6.02. The highest BCUT2D eigenvalue weighted by molar-refractivity contribution is 7.89. The third kappa shape index (κ3) is 3.28. The number of piperidine rings is 1. The molecular weight excluding hydrogens is 236 g/mol. The molecule has 0 bridgehead atoms. The third-order valence-electron chi connectivity index (χ3n) is 3.12. The summed E-state index contributed by atoms with van der Waals surface area (Å²) >= 11 is 0. The Morgan fingerprint density at radius 2 is 1.76 bits per heavy atom. The van der Waals surface area contributed by atoms with E-state index in [0.29, 0.717) is 6.54 Å². The van der Waals surface area contributed by atoms with Crippen molar-refractivity contribution in [3.05, 3.63) is 29.8 Å². The summed E-state index contributed by atoms with van der Waals surface area (Å²) in [5.41, 5.74) is 0.803. The fourth-order valence-corrected chi connectivity index (χ4v) is 3.04. The molecule has 2 N–H and O–H groups in total. The van der Waals surface area contributed by atoms with Crippen molar-refractivity contribution in [2.75, 3.05) is 13.1 Å². The largest absolute Gasteiger partial charge is 0.299 e. The van der Waals surface area contributed by atoms with Gasteiger partial charge in [-0.15, -0.1) is 0 Å². The van der Waals surface area contributed by atoms with Gasteiger partial charge in [-0.25, -0.2) is 13.6 Å². The smallest absolute Gasteiger partial charge is 0.238 e. The molecule has 1 saturated heterocycles. The molecule has 1 aliphatic heterocycles. The maximum atomic E-state index is 11.5. The number of primary sulfonamides is 1. The minimum Gasteiger partial charge on any atom is -0.299 e. The molecule has 0 unspecified atom stereocenters. The molecular formula is C12H18N2O2S. The van der Waals surface area contributed by atoms with Crippen LogP contribution in [0.1, 0.15) is 24.8 Å². The molecule has 2 rings (SSSR count). The van der Waals surface area contributed by atoms with Crippen molar-refractivity contribution >= 4 is 10.0 Å². The van der Waals surface area contributed by atoms with E-state index in [0.717, 1.165) is 18.7 Å². The van der Waals surface area contributed by atoms with Crippen LogP contribution in [0, 0.1) is 0 Å². The fraction of sp³-hybridized carbons (Fsp3) is 0.500. The quantitative estimate of drug-likeness (QED) is 0.885. The van der Waals surface area contributed by atoms with E-state index in [2.05, 4.69) is 4.90 Å². The average molecular weight is 254 g/mol. The highest BCUT2D eigenvalue weighted by Crippen LogP contribution is 2.18. The van der Waals surface area contributed by atoms with E-state index in [1.165, 1.54) is 19.3 Å². The van der Waals surface area contributed by atoms with E-state index in [9.17, 15) is 8.42 Å². The van der Waals surface area contributed by atoms with Crippen LogP contribution in [0.15, 0.2) is 29.2 Å². The van der Waals surface area contributed by atoms with Crippen LogP contribution in [0.25, 0.3) is 0 Å². The van der Waals surface area contributed by atoms with Crippen LogP contribution in [0.2, 0.25) is 0 Å². The Labute approximate surface area is 102 Å². The first-order valence-electron chi connectivity index (χ1n) is 5.90. The Morgan fingerprint density at radius 1 is 1.12 bits per heavy atom. The van der Waals surface area contributed by atoms with Gasteiger partial charge in [0.1, 0.15) is 0 Å². The lowest BCUT2D eigenvalue weighted by molar-refractivity contribution is 0.219. The molecule has 0 saturated carbocycles. The first-order valence-corrected chi connectivity index (χ1v) is 7.45. The summed E-state index contributed by atoms with van der Waals surface area (Å²) in [6.07, 6.45) is 3.66. The predicted octanol–water partition coefficient (Wildman–Crippen LogP) is 1.32. The van der Waals surface area contributed by atoms with Gasteiger partial charge in [0.2, 0.25) is 10.0 Å². The summed E-state index contributed by atoms with van der Waals surface area (Å²) in [6.45, 7) is 2.75. The Balaban J connectivity index is 2.20. The molecule has 1 fully saturated rings. The molecule has 1 heterocycles. The lowest BCUT2D eigenvalue weighted by Gasteiger charge is -2.27. The van der Waals surface area contributed by atoms with Crippen LogP contribution in [-0.2, 0) is 16.6 Å². The lowest BCUT2D eigenvalue weighted by Crippen LogP contribution is -2.30. The minimum absolute atomic E-state index is 0.255. The number of nitrogens with zero attached hydrogens (tertiary/aromatic N) is 1. The van der Waals surface area contributed by atoms with Crippen molar-refractivity contribution in [3.63, 3.8) is 0 Å². The predicted molar refractivity (Wildman–Crippen MR) is 66.9 cm³/mol. The van der Waals surface area contributed by atoms with Gasteiger partial charge in [0.25, 0.3) is 0 Å². The molecule has 0 amide bonds. The van der Waals surface area contributed by atoms with Crippen molar-refractivity contribution in [3.8, 4) is 0 Å². The molecule has 0 aliphatic carbocycles. The molecule has 4 nitrogen and oxygen atoms in total. The van der Waals surface area contributed by atoms with Crippen LogP contribution >= 0.6 is 0 Å². The third-order valence-corrected chi connectivity index (χ3v) is 4.13. The molecule has 0 radical (unpaired) electrons. The van der Waals surface area contributed by atoms with Gasteiger partial charge in [-0.1, -0.05) is 24.6 Å². The standard InChI is InChI=1S/C12H18N2O2S/c13-17(15,16)12-7-3-2-6-11(12)10-14-8-4-1-5-9-14/h2-3,6-7H,1,4-5,8-10H2,(H2,13,15,16). The number of rotatable bonds is 3. The average Bonchev–Trinajstić information content (AvgIpc) is 2.30. The van der Waals surface area contributed by atoms with Gasteiger partial charge in [-0.05, 0) is 37.6 Å². The van der Waals surface area contributed by atoms with Crippen LogP contribution in [0.4, 0.5) is 0 Å². The molecule has 1 aromatic rings. The van der Waals surface area contributed by atoms with E-state index in [4.69, 9.17) is 5.14 Å².